The zero-order valence-electron chi connectivity index (χ0n) is 10.6. The van der Waals surface area contributed by atoms with Crippen LogP contribution in [0, 0.1) is 0 Å². The summed E-state index contributed by atoms with van der Waals surface area (Å²) in [5.41, 5.74) is 0.971. The summed E-state index contributed by atoms with van der Waals surface area (Å²) in [5, 5.41) is 5.47. The van der Waals surface area contributed by atoms with E-state index in [2.05, 4.69) is 26.6 Å². The van der Waals surface area contributed by atoms with Gasteiger partial charge in [-0.2, -0.15) is 0 Å². The molecule has 7 heteroatoms. The number of ether oxygens (including phenoxy) is 2. The van der Waals surface area contributed by atoms with Crippen LogP contribution in [0.1, 0.15) is 18.4 Å². The summed E-state index contributed by atoms with van der Waals surface area (Å²) in [5.74, 6) is 0.935. The van der Waals surface area contributed by atoms with E-state index < -0.39 is 0 Å². The highest BCUT2D eigenvalue weighted by Gasteiger charge is 2.26. The first-order valence-corrected chi connectivity index (χ1v) is 7.08. The Morgan fingerprint density at radius 2 is 2.05 bits per heavy atom. The fourth-order valence-corrected chi connectivity index (χ4v) is 2.68. The fourth-order valence-electron chi connectivity index (χ4n) is 2.22. The van der Waals surface area contributed by atoms with Gasteiger partial charge < -0.3 is 14.8 Å². The number of imide groups is 1. The number of rotatable bonds is 3. The molecule has 1 fully saturated rings. The van der Waals surface area contributed by atoms with Crippen molar-refractivity contribution in [1.82, 2.24) is 10.6 Å². The van der Waals surface area contributed by atoms with Crippen molar-refractivity contribution in [2.75, 3.05) is 6.79 Å². The van der Waals surface area contributed by atoms with Crippen LogP contribution in [0.5, 0.6) is 11.5 Å². The van der Waals surface area contributed by atoms with Gasteiger partial charge in [-0.1, -0.05) is 15.9 Å². The Morgan fingerprint density at radius 1 is 1.30 bits per heavy atom. The molecule has 1 atom stereocenters. The lowest BCUT2D eigenvalue weighted by Gasteiger charge is -2.22. The minimum atomic E-state index is -0.343. The van der Waals surface area contributed by atoms with Crippen molar-refractivity contribution in [3.05, 3.63) is 22.2 Å². The van der Waals surface area contributed by atoms with E-state index in [1.54, 1.807) is 0 Å². The van der Waals surface area contributed by atoms with E-state index in [0.29, 0.717) is 30.9 Å². The molecule has 0 spiro atoms. The molecule has 106 valence electrons. The van der Waals surface area contributed by atoms with Crippen molar-refractivity contribution in [3.8, 4) is 11.5 Å². The number of nitrogens with one attached hydrogen (secondary N) is 2. The highest BCUT2D eigenvalue weighted by Crippen LogP contribution is 2.36. The maximum absolute atomic E-state index is 11.6. The molecule has 1 aromatic carbocycles. The van der Waals surface area contributed by atoms with Crippen LogP contribution in [0.25, 0.3) is 0 Å². The Bertz CT molecular complexity index is 576. The second kappa shape index (κ2) is 5.41. The molecule has 1 aromatic rings. The number of benzene rings is 1. The lowest BCUT2D eigenvalue weighted by atomic mass is 10.1. The molecule has 2 N–H and O–H groups in total. The summed E-state index contributed by atoms with van der Waals surface area (Å²) in [4.78, 5) is 22.7. The van der Waals surface area contributed by atoms with Crippen molar-refractivity contribution < 1.29 is 19.1 Å². The van der Waals surface area contributed by atoms with Gasteiger partial charge in [0.05, 0.1) is 6.04 Å². The van der Waals surface area contributed by atoms with Gasteiger partial charge in [-0.25, -0.2) is 0 Å². The Balaban J connectivity index is 1.67. The van der Waals surface area contributed by atoms with Gasteiger partial charge in [0.1, 0.15) is 0 Å². The molecule has 20 heavy (non-hydrogen) atoms. The third kappa shape index (κ3) is 2.64. The highest BCUT2D eigenvalue weighted by atomic mass is 79.9. The molecule has 0 saturated carbocycles. The van der Waals surface area contributed by atoms with E-state index >= 15 is 0 Å². The number of piperidine rings is 1. The molecule has 2 aliphatic rings. The predicted molar refractivity (Wildman–Crippen MR) is 73.3 cm³/mol. The van der Waals surface area contributed by atoms with Crippen LogP contribution < -0.4 is 20.1 Å². The Labute approximate surface area is 123 Å². The SMILES string of the molecule is O=C1CCC(NCc2cc3c(cc2Br)OCO3)C(=O)N1. The number of halogens is 1. The van der Waals surface area contributed by atoms with Crippen molar-refractivity contribution >= 4 is 27.7 Å². The van der Waals surface area contributed by atoms with Gasteiger partial charge >= 0.3 is 0 Å². The largest absolute Gasteiger partial charge is 0.454 e. The molecular formula is C13H13BrN2O4. The molecule has 0 aliphatic carbocycles. The summed E-state index contributed by atoms with van der Waals surface area (Å²) >= 11 is 3.47. The second-order valence-electron chi connectivity index (χ2n) is 4.68. The molecule has 0 aromatic heterocycles. The zero-order chi connectivity index (χ0) is 14.1. The van der Waals surface area contributed by atoms with Crippen molar-refractivity contribution in [2.24, 2.45) is 0 Å². The number of hydrogen-bond acceptors (Lipinski definition) is 5. The van der Waals surface area contributed by atoms with Gasteiger partial charge in [-0.15, -0.1) is 0 Å². The maximum atomic E-state index is 11.6. The normalized spacial score (nSPS) is 20.9. The van der Waals surface area contributed by atoms with Gasteiger partial charge in [-0.3, -0.25) is 14.9 Å². The topological polar surface area (TPSA) is 76.7 Å². The number of hydrogen-bond donors (Lipinski definition) is 2. The Hall–Kier alpha value is -1.60. The van der Waals surface area contributed by atoms with E-state index in [4.69, 9.17) is 9.47 Å². The van der Waals surface area contributed by atoms with Gasteiger partial charge in [-0.05, 0) is 24.1 Å². The summed E-state index contributed by atoms with van der Waals surface area (Å²) < 4.78 is 11.5. The minimum absolute atomic E-state index is 0.211. The number of amides is 2. The number of fused-ring (bicyclic) bond motifs is 1. The monoisotopic (exact) mass is 340 g/mol. The third-order valence-corrected chi connectivity index (χ3v) is 4.06. The molecule has 1 unspecified atom stereocenters. The van der Waals surface area contributed by atoms with Crippen molar-refractivity contribution in [3.63, 3.8) is 0 Å². The quantitative estimate of drug-likeness (QED) is 0.805. The van der Waals surface area contributed by atoms with E-state index in [-0.39, 0.29) is 24.6 Å². The van der Waals surface area contributed by atoms with E-state index in [1.807, 2.05) is 12.1 Å². The smallest absolute Gasteiger partial charge is 0.243 e. The first-order chi connectivity index (χ1) is 9.63. The van der Waals surface area contributed by atoms with Crippen LogP contribution in [-0.4, -0.2) is 24.6 Å². The molecule has 2 heterocycles. The first-order valence-electron chi connectivity index (χ1n) is 6.28. The average Bonchev–Trinajstić information content (AvgIpc) is 2.84. The molecule has 2 aliphatic heterocycles. The number of carbonyl (C=O) groups excluding carboxylic acids is 2. The Morgan fingerprint density at radius 3 is 2.80 bits per heavy atom. The van der Waals surface area contributed by atoms with Crippen LogP contribution in [-0.2, 0) is 16.1 Å². The first kappa shape index (κ1) is 13.4. The summed E-state index contributed by atoms with van der Waals surface area (Å²) in [6, 6.07) is 3.39. The molecule has 3 rings (SSSR count). The fraction of sp³-hybridized carbons (Fsp3) is 0.385. The Kier molecular flexibility index (Phi) is 3.62. The maximum Gasteiger partial charge on any atom is 0.243 e. The standard InChI is InChI=1S/C13H13BrN2O4/c14-8-4-11-10(19-6-20-11)3-7(8)5-15-9-1-2-12(17)16-13(9)18/h3-4,9,15H,1-2,5-6H2,(H,16,17,18). The summed E-state index contributed by atoms with van der Waals surface area (Å²) in [7, 11) is 0. The molecule has 1 saturated heterocycles. The van der Waals surface area contributed by atoms with Gasteiger partial charge in [0, 0.05) is 17.4 Å². The average molecular weight is 341 g/mol. The van der Waals surface area contributed by atoms with Crippen LogP contribution in [0.2, 0.25) is 0 Å². The summed E-state index contributed by atoms with van der Waals surface area (Å²) in [6.07, 6.45) is 0.887. The van der Waals surface area contributed by atoms with Crippen molar-refractivity contribution in [1.29, 1.82) is 0 Å². The van der Waals surface area contributed by atoms with Crippen LogP contribution in [0.3, 0.4) is 0 Å². The van der Waals surface area contributed by atoms with E-state index in [0.717, 1.165) is 10.0 Å². The van der Waals surface area contributed by atoms with Crippen molar-refractivity contribution in [2.45, 2.75) is 25.4 Å². The molecule has 0 radical (unpaired) electrons. The lowest BCUT2D eigenvalue weighted by Crippen LogP contribution is -2.50. The van der Waals surface area contributed by atoms with E-state index in [1.165, 1.54) is 0 Å². The number of carbonyl (C=O) groups is 2. The second-order valence-corrected chi connectivity index (χ2v) is 5.54. The van der Waals surface area contributed by atoms with Gasteiger partial charge in [0.15, 0.2) is 11.5 Å². The summed E-state index contributed by atoms with van der Waals surface area (Å²) in [6.45, 7) is 0.731. The molecular weight excluding hydrogens is 328 g/mol. The lowest BCUT2D eigenvalue weighted by molar-refractivity contribution is -0.134. The zero-order valence-corrected chi connectivity index (χ0v) is 12.2. The van der Waals surface area contributed by atoms with Gasteiger partial charge in [0.2, 0.25) is 18.6 Å². The third-order valence-electron chi connectivity index (χ3n) is 3.32. The molecule has 2 amide bonds. The predicted octanol–water partition coefficient (Wildman–Crippen LogP) is 1.07. The van der Waals surface area contributed by atoms with Gasteiger partial charge in [0.25, 0.3) is 0 Å². The highest BCUT2D eigenvalue weighted by molar-refractivity contribution is 9.10. The molecule has 6 nitrogen and oxygen atoms in total. The van der Waals surface area contributed by atoms with Crippen LogP contribution >= 0.6 is 15.9 Å². The van der Waals surface area contributed by atoms with Crippen LogP contribution in [0.4, 0.5) is 0 Å². The molecule has 0 bridgehead atoms. The van der Waals surface area contributed by atoms with E-state index in [9.17, 15) is 9.59 Å². The minimum Gasteiger partial charge on any atom is -0.454 e. The van der Waals surface area contributed by atoms with Crippen LogP contribution in [0.15, 0.2) is 16.6 Å².